The van der Waals surface area contributed by atoms with Crippen molar-refractivity contribution in [3.05, 3.63) is 24.3 Å². The molecular formula is C11H20O3. The van der Waals surface area contributed by atoms with E-state index >= 15 is 0 Å². The Bertz CT molecular complexity index is 199. The Morgan fingerprint density at radius 3 is 2.36 bits per heavy atom. The number of aliphatic hydroxyl groups is 3. The molecule has 0 radical (unpaired) electrons. The largest absolute Gasteiger partial charge is 0.396 e. The Morgan fingerprint density at radius 2 is 2.00 bits per heavy atom. The molecule has 82 valence electrons. The molecule has 0 spiro atoms. The van der Waals surface area contributed by atoms with Gasteiger partial charge in [-0.25, -0.2) is 0 Å². The molecule has 3 atom stereocenters. The third-order valence-corrected chi connectivity index (χ3v) is 2.57. The number of aliphatic hydroxyl groups excluding tert-OH is 3. The number of hydrogen-bond acceptors (Lipinski definition) is 3. The van der Waals surface area contributed by atoms with Gasteiger partial charge in [-0.3, -0.25) is 0 Å². The fraction of sp³-hybridized carbons (Fsp3) is 0.636. The third kappa shape index (κ3) is 3.62. The van der Waals surface area contributed by atoms with Crippen molar-refractivity contribution in [2.24, 2.45) is 11.8 Å². The molecule has 0 aromatic heterocycles. The molecule has 0 aromatic carbocycles. The van der Waals surface area contributed by atoms with Crippen molar-refractivity contribution in [2.75, 3.05) is 13.2 Å². The number of hydrogen-bond donors (Lipinski definition) is 3. The molecule has 0 unspecified atom stereocenters. The van der Waals surface area contributed by atoms with Gasteiger partial charge in [0.1, 0.15) is 0 Å². The van der Waals surface area contributed by atoms with Crippen molar-refractivity contribution >= 4 is 0 Å². The van der Waals surface area contributed by atoms with Crippen LogP contribution in [0.4, 0.5) is 0 Å². The third-order valence-electron chi connectivity index (χ3n) is 2.57. The highest BCUT2D eigenvalue weighted by Crippen LogP contribution is 2.21. The zero-order chi connectivity index (χ0) is 11.1. The molecule has 0 heterocycles. The second-order valence-corrected chi connectivity index (χ2v) is 3.52. The molecule has 0 aliphatic heterocycles. The zero-order valence-corrected chi connectivity index (χ0v) is 8.85. The second kappa shape index (κ2) is 6.76. The molecule has 3 heteroatoms. The first kappa shape index (κ1) is 13.4. The summed E-state index contributed by atoms with van der Waals surface area (Å²) in [7, 11) is 0. The minimum Gasteiger partial charge on any atom is -0.396 e. The van der Waals surface area contributed by atoms with Gasteiger partial charge in [0.15, 0.2) is 0 Å². The van der Waals surface area contributed by atoms with Crippen LogP contribution in [-0.2, 0) is 0 Å². The van der Waals surface area contributed by atoms with E-state index in [4.69, 9.17) is 10.2 Å². The quantitative estimate of drug-likeness (QED) is 0.554. The molecule has 0 aromatic rings. The van der Waals surface area contributed by atoms with E-state index in [1.54, 1.807) is 19.1 Å². The maximum Gasteiger partial charge on any atom is 0.0780 e. The van der Waals surface area contributed by atoms with Crippen molar-refractivity contribution in [2.45, 2.75) is 20.0 Å². The second-order valence-electron chi connectivity index (χ2n) is 3.52. The smallest absolute Gasteiger partial charge is 0.0780 e. The van der Waals surface area contributed by atoms with Crippen molar-refractivity contribution < 1.29 is 15.3 Å². The van der Waals surface area contributed by atoms with E-state index in [2.05, 4.69) is 6.58 Å². The van der Waals surface area contributed by atoms with Gasteiger partial charge in [0, 0.05) is 12.5 Å². The Morgan fingerprint density at radius 1 is 1.43 bits per heavy atom. The van der Waals surface area contributed by atoms with E-state index in [-0.39, 0.29) is 25.0 Å². The lowest BCUT2D eigenvalue weighted by atomic mass is 9.86. The summed E-state index contributed by atoms with van der Waals surface area (Å²) >= 11 is 0. The molecule has 0 saturated carbocycles. The van der Waals surface area contributed by atoms with Crippen LogP contribution in [0.15, 0.2) is 24.3 Å². The van der Waals surface area contributed by atoms with Crippen LogP contribution in [0.1, 0.15) is 13.8 Å². The van der Waals surface area contributed by atoms with Crippen LogP contribution in [0.5, 0.6) is 0 Å². The van der Waals surface area contributed by atoms with Crippen molar-refractivity contribution in [3.8, 4) is 0 Å². The predicted octanol–water partition coefficient (Wildman–Crippen LogP) is 0.716. The molecule has 14 heavy (non-hydrogen) atoms. The van der Waals surface area contributed by atoms with Gasteiger partial charge in [0.05, 0.1) is 12.7 Å². The summed E-state index contributed by atoms with van der Waals surface area (Å²) in [6.45, 7) is 7.11. The van der Waals surface area contributed by atoms with E-state index in [9.17, 15) is 5.11 Å². The Labute approximate surface area is 85.4 Å². The summed E-state index contributed by atoms with van der Waals surface area (Å²) in [4.78, 5) is 0. The van der Waals surface area contributed by atoms with Crippen molar-refractivity contribution in [1.82, 2.24) is 0 Å². The molecule has 3 nitrogen and oxygen atoms in total. The number of rotatable bonds is 6. The zero-order valence-electron chi connectivity index (χ0n) is 8.85. The molecule has 0 aliphatic rings. The predicted molar refractivity (Wildman–Crippen MR) is 56.8 cm³/mol. The lowest BCUT2D eigenvalue weighted by molar-refractivity contribution is 0.0994. The summed E-state index contributed by atoms with van der Waals surface area (Å²) in [5, 5.41) is 27.5. The Balaban J connectivity index is 4.43. The molecule has 0 saturated heterocycles. The average molecular weight is 200 g/mol. The van der Waals surface area contributed by atoms with Gasteiger partial charge >= 0.3 is 0 Å². The monoisotopic (exact) mass is 200 g/mol. The van der Waals surface area contributed by atoms with Crippen LogP contribution in [0.25, 0.3) is 0 Å². The summed E-state index contributed by atoms with van der Waals surface area (Å²) in [6.07, 6.45) is 2.57. The minimum atomic E-state index is -0.641. The maximum absolute atomic E-state index is 9.81. The summed E-state index contributed by atoms with van der Waals surface area (Å²) in [5.74, 6) is -0.215. The highest BCUT2D eigenvalue weighted by molar-refractivity contribution is 5.07. The maximum atomic E-state index is 9.81. The molecule has 0 bridgehead atoms. The minimum absolute atomic E-state index is 0.0197. The molecule has 0 aliphatic carbocycles. The summed E-state index contributed by atoms with van der Waals surface area (Å²) in [6, 6.07) is 0. The Kier molecular flexibility index (Phi) is 6.45. The van der Waals surface area contributed by atoms with Gasteiger partial charge in [-0.15, -0.1) is 6.58 Å². The SMILES string of the molecule is C=C[C@@H](CO)[C@H](C)[C@H](O)/C(C)=C/CO. The first-order valence-electron chi connectivity index (χ1n) is 4.77. The van der Waals surface area contributed by atoms with Gasteiger partial charge in [0.2, 0.25) is 0 Å². The van der Waals surface area contributed by atoms with Crippen LogP contribution in [0.3, 0.4) is 0 Å². The van der Waals surface area contributed by atoms with Crippen molar-refractivity contribution in [1.29, 1.82) is 0 Å². The van der Waals surface area contributed by atoms with E-state index in [0.29, 0.717) is 0 Å². The molecule has 0 amide bonds. The Hall–Kier alpha value is -0.640. The molecular weight excluding hydrogens is 180 g/mol. The van der Waals surface area contributed by atoms with Crippen LogP contribution in [0, 0.1) is 11.8 Å². The van der Waals surface area contributed by atoms with E-state index in [1.165, 1.54) is 0 Å². The van der Waals surface area contributed by atoms with E-state index < -0.39 is 6.10 Å². The van der Waals surface area contributed by atoms with Gasteiger partial charge in [0.25, 0.3) is 0 Å². The van der Waals surface area contributed by atoms with Crippen LogP contribution >= 0.6 is 0 Å². The topological polar surface area (TPSA) is 60.7 Å². The highest BCUT2D eigenvalue weighted by Gasteiger charge is 2.22. The fourth-order valence-corrected chi connectivity index (χ4v) is 1.37. The fourth-order valence-electron chi connectivity index (χ4n) is 1.37. The highest BCUT2D eigenvalue weighted by atomic mass is 16.3. The lowest BCUT2D eigenvalue weighted by Crippen LogP contribution is -2.27. The van der Waals surface area contributed by atoms with Gasteiger partial charge in [-0.05, 0) is 18.4 Å². The molecule has 3 N–H and O–H groups in total. The lowest BCUT2D eigenvalue weighted by Gasteiger charge is -2.24. The van der Waals surface area contributed by atoms with Gasteiger partial charge in [-0.2, -0.15) is 0 Å². The van der Waals surface area contributed by atoms with Gasteiger partial charge in [-0.1, -0.05) is 19.1 Å². The normalized spacial score (nSPS) is 18.8. The van der Waals surface area contributed by atoms with E-state index in [0.717, 1.165) is 5.57 Å². The van der Waals surface area contributed by atoms with Crippen molar-refractivity contribution in [3.63, 3.8) is 0 Å². The van der Waals surface area contributed by atoms with Crippen LogP contribution < -0.4 is 0 Å². The summed E-state index contributed by atoms with van der Waals surface area (Å²) < 4.78 is 0. The van der Waals surface area contributed by atoms with E-state index in [1.807, 2.05) is 6.92 Å². The first-order valence-corrected chi connectivity index (χ1v) is 4.77. The standard InChI is InChI=1S/C11H20O3/c1-4-10(7-13)9(3)11(14)8(2)5-6-12/h4-5,9-14H,1,6-7H2,2-3H3/b8-5+/t9-,10-,11+/m0/s1. The first-order chi connectivity index (χ1) is 6.58. The summed E-state index contributed by atoms with van der Waals surface area (Å²) in [5.41, 5.74) is 0.723. The molecule has 0 fully saturated rings. The average Bonchev–Trinajstić information content (AvgIpc) is 2.18. The van der Waals surface area contributed by atoms with Crippen LogP contribution in [-0.4, -0.2) is 34.6 Å². The molecule has 0 rings (SSSR count). The van der Waals surface area contributed by atoms with Crippen LogP contribution in [0.2, 0.25) is 0 Å². The van der Waals surface area contributed by atoms with Gasteiger partial charge < -0.3 is 15.3 Å².